The molecule has 3 heterocycles. The highest BCUT2D eigenvalue weighted by Gasteiger charge is 2.19. The van der Waals surface area contributed by atoms with Crippen molar-refractivity contribution < 1.29 is 27.2 Å². The first-order chi connectivity index (χ1) is 20.1. The first-order valence-electron chi connectivity index (χ1n) is 12.5. The molecule has 3 aromatic heterocycles. The Bertz CT molecular complexity index is 1750. The Morgan fingerprint density at radius 1 is 0.878 bits per heavy atom. The maximum absolute atomic E-state index is 13.5. The van der Waals surface area contributed by atoms with Crippen molar-refractivity contribution >= 4 is 11.8 Å². The SMILES string of the molecule is CCOc1ccc(-n2c(SCc3nc(-c4ccc(Oc5ccc(F)c(F)c5)cc4)no3)nnc2-c2ccco2)cc1. The molecule has 0 bridgehead atoms. The van der Waals surface area contributed by atoms with Crippen LogP contribution in [0.5, 0.6) is 17.2 Å². The number of thioether (sulfide) groups is 1. The average Bonchev–Trinajstić information content (AvgIpc) is 3.76. The van der Waals surface area contributed by atoms with Gasteiger partial charge in [0.15, 0.2) is 22.6 Å². The zero-order chi connectivity index (χ0) is 28.2. The van der Waals surface area contributed by atoms with Gasteiger partial charge in [0.05, 0.1) is 24.3 Å². The van der Waals surface area contributed by atoms with Gasteiger partial charge in [0, 0.05) is 11.6 Å². The smallest absolute Gasteiger partial charge is 0.237 e. The summed E-state index contributed by atoms with van der Waals surface area (Å²) >= 11 is 1.38. The van der Waals surface area contributed by atoms with Crippen LogP contribution in [-0.4, -0.2) is 31.5 Å². The third-order valence-corrected chi connectivity index (χ3v) is 6.73. The second-order valence-corrected chi connectivity index (χ2v) is 9.49. The lowest BCUT2D eigenvalue weighted by atomic mass is 10.2. The Hall–Kier alpha value is -4.97. The van der Waals surface area contributed by atoms with Crippen molar-refractivity contribution in [3.8, 4) is 45.9 Å². The summed E-state index contributed by atoms with van der Waals surface area (Å²) < 4.78 is 50.7. The molecule has 206 valence electrons. The van der Waals surface area contributed by atoms with Crippen LogP contribution in [0.2, 0.25) is 0 Å². The summed E-state index contributed by atoms with van der Waals surface area (Å²) in [5.41, 5.74) is 1.53. The fourth-order valence-electron chi connectivity index (χ4n) is 3.93. The van der Waals surface area contributed by atoms with Gasteiger partial charge in [0.25, 0.3) is 0 Å². The van der Waals surface area contributed by atoms with Gasteiger partial charge < -0.3 is 18.4 Å². The molecule has 0 saturated heterocycles. The number of rotatable bonds is 10. The predicted molar refractivity (Wildman–Crippen MR) is 146 cm³/mol. The third kappa shape index (κ3) is 5.82. The van der Waals surface area contributed by atoms with Crippen LogP contribution >= 0.6 is 11.8 Å². The van der Waals surface area contributed by atoms with E-state index in [4.69, 9.17) is 18.4 Å². The van der Waals surface area contributed by atoms with Crippen molar-refractivity contribution in [2.75, 3.05) is 6.61 Å². The molecule has 0 aliphatic heterocycles. The zero-order valence-corrected chi connectivity index (χ0v) is 22.3. The Balaban J connectivity index is 1.17. The highest BCUT2D eigenvalue weighted by molar-refractivity contribution is 7.98. The Labute approximate surface area is 236 Å². The fraction of sp³-hybridized carbons (Fsp3) is 0.103. The minimum atomic E-state index is -0.980. The number of benzene rings is 3. The number of furan rings is 1. The summed E-state index contributed by atoms with van der Waals surface area (Å²) in [4.78, 5) is 4.50. The second kappa shape index (κ2) is 11.6. The van der Waals surface area contributed by atoms with Crippen LogP contribution in [0, 0.1) is 11.6 Å². The maximum atomic E-state index is 13.5. The molecule has 0 atom stereocenters. The molecule has 0 unspecified atom stereocenters. The second-order valence-electron chi connectivity index (χ2n) is 8.55. The molecule has 12 heteroatoms. The largest absolute Gasteiger partial charge is 0.494 e. The lowest BCUT2D eigenvalue weighted by Gasteiger charge is -2.10. The highest BCUT2D eigenvalue weighted by atomic mass is 32.2. The lowest BCUT2D eigenvalue weighted by Crippen LogP contribution is -2.00. The van der Waals surface area contributed by atoms with Crippen molar-refractivity contribution in [1.29, 1.82) is 0 Å². The summed E-state index contributed by atoms with van der Waals surface area (Å²) in [6, 6.07) is 21.4. The Kier molecular flexibility index (Phi) is 7.46. The van der Waals surface area contributed by atoms with Gasteiger partial charge in [0.2, 0.25) is 17.5 Å². The van der Waals surface area contributed by atoms with Gasteiger partial charge in [-0.3, -0.25) is 4.57 Å². The molecule has 9 nitrogen and oxygen atoms in total. The molecule has 0 radical (unpaired) electrons. The molecule has 0 amide bonds. The van der Waals surface area contributed by atoms with Gasteiger partial charge in [-0.1, -0.05) is 16.9 Å². The molecule has 0 saturated carbocycles. The van der Waals surface area contributed by atoms with Gasteiger partial charge in [0.1, 0.15) is 17.2 Å². The van der Waals surface area contributed by atoms with Gasteiger partial charge >= 0.3 is 0 Å². The third-order valence-electron chi connectivity index (χ3n) is 5.81. The van der Waals surface area contributed by atoms with E-state index in [1.54, 1.807) is 36.6 Å². The summed E-state index contributed by atoms with van der Waals surface area (Å²) in [7, 11) is 0. The number of halogens is 2. The van der Waals surface area contributed by atoms with Crippen molar-refractivity contribution in [3.63, 3.8) is 0 Å². The molecular weight excluding hydrogens is 552 g/mol. The Morgan fingerprint density at radius 2 is 1.66 bits per heavy atom. The molecular formula is C29H21F2N5O4S. The van der Waals surface area contributed by atoms with Gasteiger partial charge in [-0.25, -0.2) is 8.78 Å². The summed E-state index contributed by atoms with van der Waals surface area (Å²) in [6.45, 7) is 2.51. The van der Waals surface area contributed by atoms with E-state index in [0.717, 1.165) is 23.6 Å². The molecule has 0 N–H and O–H groups in total. The predicted octanol–water partition coefficient (Wildman–Crippen LogP) is 7.34. The number of ether oxygens (including phenoxy) is 2. The zero-order valence-electron chi connectivity index (χ0n) is 21.5. The van der Waals surface area contributed by atoms with Crippen LogP contribution in [-0.2, 0) is 5.75 Å². The average molecular weight is 574 g/mol. The number of aromatic nitrogens is 5. The van der Waals surface area contributed by atoms with Crippen molar-refractivity contribution in [2.45, 2.75) is 17.8 Å². The van der Waals surface area contributed by atoms with Crippen LogP contribution in [0.3, 0.4) is 0 Å². The van der Waals surface area contributed by atoms with Crippen molar-refractivity contribution in [3.05, 3.63) is 103 Å². The Morgan fingerprint density at radius 3 is 2.39 bits per heavy atom. The molecule has 0 aliphatic rings. The van der Waals surface area contributed by atoms with E-state index < -0.39 is 11.6 Å². The summed E-state index contributed by atoms with van der Waals surface area (Å²) in [5.74, 6) is 1.74. The molecule has 0 aliphatic carbocycles. The van der Waals surface area contributed by atoms with E-state index in [1.165, 1.54) is 17.8 Å². The van der Waals surface area contributed by atoms with E-state index in [2.05, 4.69) is 20.3 Å². The topological polar surface area (TPSA) is 101 Å². The molecule has 0 fully saturated rings. The minimum Gasteiger partial charge on any atom is -0.494 e. The normalized spacial score (nSPS) is 11.1. The lowest BCUT2D eigenvalue weighted by molar-refractivity contribution is 0.340. The van der Waals surface area contributed by atoms with Crippen molar-refractivity contribution in [1.82, 2.24) is 24.9 Å². The summed E-state index contributed by atoms with van der Waals surface area (Å²) in [5, 5.41) is 13.4. The maximum Gasteiger partial charge on any atom is 0.237 e. The van der Waals surface area contributed by atoms with E-state index in [-0.39, 0.29) is 5.75 Å². The minimum absolute atomic E-state index is 0.184. The van der Waals surface area contributed by atoms with Gasteiger partial charge in [-0.2, -0.15) is 4.98 Å². The van der Waals surface area contributed by atoms with E-state index >= 15 is 0 Å². The van der Waals surface area contributed by atoms with Crippen LogP contribution in [0.4, 0.5) is 8.78 Å². The first-order valence-corrected chi connectivity index (χ1v) is 13.5. The van der Waals surface area contributed by atoms with Gasteiger partial charge in [-0.15, -0.1) is 10.2 Å². The number of hydrogen-bond acceptors (Lipinski definition) is 9. The first kappa shape index (κ1) is 26.3. The van der Waals surface area contributed by atoms with E-state index in [0.29, 0.717) is 52.1 Å². The van der Waals surface area contributed by atoms with Crippen LogP contribution in [0.25, 0.3) is 28.7 Å². The summed E-state index contributed by atoms with van der Waals surface area (Å²) in [6.07, 6.45) is 1.58. The van der Waals surface area contributed by atoms with Crippen molar-refractivity contribution in [2.24, 2.45) is 0 Å². The number of nitrogens with zero attached hydrogens (tertiary/aromatic N) is 5. The highest BCUT2D eigenvalue weighted by Crippen LogP contribution is 2.31. The van der Waals surface area contributed by atoms with E-state index in [1.807, 2.05) is 41.8 Å². The fourth-order valence-corrected chi connectivity index (χ4v) is 4.71. The van der Waals surface area contributed by atoms with Crippen LogP contribution in [0.15, 0.2) is 99.2 Å². The molecule has 6 rings (SSSR count). The number of hydrogen-bond donors (Lipinski definition) is 0. The van der Waals surface area contributed by atoms with Gasteiger partial charge in [-0.05, 0) is 79.7 Å². The van der Waals surface area contributed by atoms with E-state index in [9.17, 15) is 8.78 Å². The standard InChI is InChI=1S/C29H21F2N5O4S/c1-2-37-20-11-7-19(8-12-20)36-28(25-4-3-15-38-25)33-34-29(36)41-17-26-32-27(35-40-26)18-5-9-21(10-6-18)39-22-13-14-23(30)24(31)16-22/h3-16H,2,17H2,1H3. The van der Waals surface area contributed by atoms with Crippen LogP contribution < -0.4 is 9.47 Å². The molecule has 3 aromatic carbocycles. The molecule has 6 aromatic rings. The van der Waals surface area contributed by atoms with Crippen LogP contribution in [0.1, 0.15) is 12.8 Å². The molecule has 41 heavy (non-hydrogen) atoms. The monoisotopic (exact) mass is 573 g/mol. The quantitative estimate of drug-likeness (QED) is 0.156. The molecule has 0 spiro atoms.